The summed E-state index contributed by atoms with van der Waals surface area (Å²) in [6.45, 7) is 8.69. The van der Waals surface area contributed by atoms with Crippen molar-refractivity contribution in [2.24, 2.45) is 0 Å². The van der Waals surface area contributed by atoms with E-state index < -0.39 is 27.1 Å². The van der Waals surface area contributed by atoms with Gasteiger partial charge in [-0.05, 0) is 5.54 Å². The van der Waals surface area contributed by atoms with Crippen LogP contribution in [-0.2, 0) is 13.0 Å². The van der Waals surface area contributed by atoms with Crippen LogP contribution in [0.15, 0.2) is 0 Å². The average molecular weight is 223 g/mol. The molecule has 0 N–H and O–H groups in total. The fourth-order valence-electron chi connectivity index (χ4n) is 1.59. The van der Waals surface area contributed by atoms with Gasteiger partial charge in [-0.1, -0.05) is 27.7 Å². The molecule has 1 rings (SSSR count). The van der Waals surface area contributed by atoms with Crippen LogP contribution in [0.2, 0.25) is 10.2 Å². The highest BCUT2D eigenvalue weighted by Gasteiger charge is 2.49. The summed E-state index contributed by atoms with van der Waals surface area (Å²) in [5.74, 6) is 0. The maximum atomic E-state index is 11.0. The van der Waals surface area contributed by atoms with Crippen molar-refractivity contribution in [2.45, 2.75) is 37.9 Å². The summed E-state index contributed by atoms with van der Waals surface area (Å²) < 4.78 is 21.8. The van der Waals surface area contributed by atoms with Crippen LogP contribution < -0.4 is 0 Å². The minimum Gasteiger partial charge on any atom is -0.184 e. The minimum atomic E-state index is -1.75. The van der Waals surface area contributed by atoms with Gasteiger partial charge in [0.25, 0.3) is 9.04 Å². The van der Waals surface area contributed by atoms with Gasteiger partial charge in [0, 0.05) is 9.23 Å². The third kappa shape index (κ3) is 2.23. The molecule has 1 heterocycles. The molecule has 2 unspecified atom stereocenters. The second-order valence-electron chi connectivity index (χ2n) is 4.26. The van der Waals surface area contributed by atoms with Gasteiger partial charge >= 0.3 is 8.25 Å². The standard InChI is InChI=1S/C6H16O3PSi2/c1-5(2)12-6(3,4)11-8-10(7)9-12/h5,12H,11H2,1-4H3/q+1. The van der Waals surface area contributed by atoms with Gasteiger partial charge in [0.1, 0.15) is 0 Å². The fourth-order valence-corrected chi connectivity index (χ4v) is 12.2. The molecule has 0 radical (unpaired) electrons. The SMILES string of the molecule is CC(C)[SiH]1O[P+](=O)O[SiH2]C1(C)C. The first-order valence-corrected chi connectivity index (χ1v) is 8.30. The first-order valence-electron chi connectivity index (χ1n) is 4.20. The monoisotopic (exact) mass is 223 g/mol. The smallest absolute Gasteiger partial charge is 0.184 e. The molecule has 1 aliphatic heterocycles. The predicted octanol–water partition coefficient (Wildman–Crippen LogP) is 1.65. The maximum Gasteiger partial charge on any atom is 0.672 e. The van der Waals surface area contributed by atoms with E-state index in [4.69, 9.17) is 8.43 Å². The Morgan fingerprint density at radius 3 is 2.50 bits per heavy atom. The predicted molar refractivity (Wildman–Crippen MR) is 54.6 cm³/mol. The van der Waals surface area contributed by atoms with Crippen LogP contribution in [0, 0.1) is 0 Å². The van der Waals surface area contributed by atoms with Crippen LogP contribution in [0.3, 0.4) is 0 Å². The molecule has 0 aromatic carbocycles. The Hall–Kier alpha value is 0.454. The molecule has 0 spiro atoms. The molecule has 12 heavy (non-hydrogen) atoms. The summed E-state index contributed by atoms with van der Waals surface area (Å²) in [7, 11) is -3.71. The molecule has 0 amide bonds. The Morgan fingerprint density at radius 2 is 2.08 bits per heavy atom. The fraction of sp³-hybridized carbons (Fsp3) is 1.00. The maximum absolute atomic E-state index is 11.0. The molecule has 70 valence electrons. The molecule has 1 saturated heterocycles. The molecule has 1 aliphatic rings. The minimum absolute atomic E-state index is 0.247. The van der Waals surface area contributed by atoms with E-state index in [1.54, 1.807) is 0 Å². The molecule has 1 fully saturated rings. The number of rotatable bonds is 1. The Kier molecular flexibility index (Phi) is 3.23. The highest BCUT2D eigenvalue weighted by atomic mass is 31.1. The van der Waals surface area contributed by atoms with Crippen molar-refractivity contribution < 1.29 is 13.0 Å². The molecular formula is C6H16O3PSi2+. The van der Waals surface area contributed by atoms with Gasteiger partial charge in [0.15, 0.2) is 0 Å². The summed E-state index contributed by atoms with van der Waals surface area (Å²) in [5, 5.41) is 0. The van der Waals surface area contributed by atoms with E-state index in [9.17, 15) is 4.57 Å². The van der Waals surface area contributed by atoms with Crippen molar-refractivity contribution in [1.82, 2.24) is 0 Å². The van der Waals surface area contributed by atoms with Gasteiger partial charge in [-0.2, -0.15) is 8.43 Å². The van der Waals surface area contributed by atoms with Crippen LogP contribution in [0.5, 0.6) is 0 Å². The quantitative estimate of drug-likeness (QED) is 0.501. The van der Waals surface area contributed by atoms with Crippen LogP contribution in [0.25, 0.3) is 0 Å². The first kappa shape index (κ1) is 10.5. The number of hydrogen-bond donors (Lipinski definition) is 0. The van der Waals surface area contributed by atoms with Crippen LogP contribution >= 0.6 is 8.25 Å². The summed E-state index contributed by atoms with van der Waals surface area (Å²) in [5.41, 5.74) is 0.551. The third-order valence-electron chi connectivity index (χ3n) is 2.12. The molecule has 2 atom stereocenters. The lowest BCUT2D eigenvalue weighted by Gasteiger charge is -2.30. The van der Waals surface area contributed by atoms with Gasteiger partial charge in [-0.15, -0.1) is 0 Å². The van der Waals surface area contributed by atoms with Gasteiger partial charge < -0.3 is 0 Å². The second kappa shape index (κ2) is 3.68. The Balaban J connectivity index is 2.72. The summed E-state index contributed by atoms with van der Waals surface area (Å²) in [4.78, 5) is 0. The zero-order valence-corrected chi connectivity index (χ0v) is 11.5. The summed E-state index contributed by atoms with van der Waals surface area (Å²) >= 11 is 0. The largest absolute Gasteiger partial charge is 0.672 e. The van der Waals surface area contributed by atoms with Crippen molar-refractivity contribution in [3.8, 4) is 0 Å². The zero-order chi connectivity index (χ0) is 9.35. The Morgan fingerprint density at radius 1 is 1.50 bits per heavy atom. The molecular weight excluding hydrogens is 207 g/mol. The average Bonchev–Trinajstić information content (AvgIpc) is 1.94. The molecule has 6 heteroatoms. The Labute approximate surface area is 78.5 Å². The zero-order valence-electron chi connectivity index (χ0n) is 8.03. The highest BCUT2D eigenvalue weighted by Crippen LogP contribution is 2.45. The normalized spacial score (nSPS) is 34.4. The first-order chi connectivity index (χ1) is 5.43. The van der Waals surface area contributed by atoms with Gasteiger partial charge in [0.05, 0.1) is 0 Å². The van der Waals surface area contributed by atoms with Crippen molar-refractivity contribution in [1.29, 1.82) is 0 Å². The molecule has 0 bridgehead atoms. The second-order valence-corrected chi connectivity index (χ2v) is 13.2. The van der Waals surface area contributed by atoms with Crippen molar-refractivity contribution in [2.75, 3.05) is 0 Å². The summed E-state index contributed by atoms with van der Waals surface area (Å²) in [6, 6.07) is 0. The van der Waals surface area contributed by atoms with Crippen molar-refractivity contribution in [3.63, 3.8) is 0 Å². The van der Waals surface area contributed by atoms with E-state index in [-0.39, 0.29) is 4.66 Å². The van der Waals surface area contributed by atoms with Crippen LogP contribution in [0.1, 0.15) is 27.7 Å². The summed E-state index contributed by atoms with van der Waals surface area (Å²) in [6.07, 6.45) is 0. The van der Waals surface area contributed by atoms with E-state index in [2.05, 4.69) is 27.7 Å². The van der Waals surface area contributed by atoms with E-state index in [0.29, 0.717) is 5.54 Å². The number of hydrogen-bond acceptors (Lipinski definition) is 3. The molecule has 3 nitrogen and oxygen atoms in total. The van der Waals surface area contributed by atoms with Crippen molar-refractivity contribution in [3.05, 3.63) is 0 Å². The van der Waals surface area contributed by atoms with Gasteiger partial charge in [0.2, 0.25) is 9.76 Å². The lowest BCUT2D eigenvalue weighted by molar-refractivity contribution is 0.389. The van der Waals surface area contributed by atoms with E-state index in [0.717, 1.165) is 0 Å². The van der Waals surface area contributed by atoms with Crippen molar-refractivity contribution >= 4 is 27.1 Å². The lowest BCUT2D eigenvalue weighted by Crippen LogP contribution is -2.40. The molecule has 0 saturated carbocycles. The van der Waals surface area contributed by atoms with E-state index in [1.807, 2.05) is 0 Å². The van der Waals surface area contributed by atoms with Crippen LogP contribution in [-0.4, -0.2) is 18.8 Å². The van der Waals surface area contributed by atoms with Gasteiger partial charge in [-0.25, -0.2) is 0 Å². The van der Waals surface area contributed by atoms with E-state index >= 15 is 0 Å². The highest BCUT2D eigenvalue weighted by molar-refractivity contribution is 7.37. The third-order valence-corrected chi connectivity index (χ3v) is 10.3. The lowest BCUT2D eigenvalue weighted by atomic mass is 10.5. The van der Waals surface area contributed by atoms with Crippen LogP contribution in [0.4, 0.5) is 0 Å². The topological polar surface area (TPSA) is 35.5 Å². The van der Waals surface area contributed by atoms with E-state index in [1.165, 1.54) is 0 Å². The molecule has 0 aliphatic carbocycles. The molecule has 0 aromatic heterocycles. The van der Waals surface area contributed by atoms with Gasteiger partial charge in [-0.3, -0.25) is 0 Å². The Bertz CT molecular complexity index is 195. The molecule has 0 aromatic rings.